The molecule has 2 aliphatic rings. The number of thioether (sulfide) groups is 2. The zero-order valence-electron chi connectivity index (χ0n) is 38.1. The molecule has 0 radical (unpaired) electrons. The van der Waals surface area contributed by atoms with E-state index in [4.69, 9.17) is 0 Å². The maximum atomic E-state index is 13.6. The number of aromatic nitrogens is 4. The van der Waals surface area contributed by atoms with Crippen LogP contribution in [0, 0.1) is 7.14 Å². The maximum Gasteiger partial charge on any atom is 0.271 e. The van der Waals surface area contributed by atoms with Crippen LogP contribution in [-0.4, -0.2) is 9.13 Å². The van der Waals surface area contributed by atoms with E-state index in [1.807, 2.05) is 47.2 Å². The molecule has 6 heterocycles. The largest absolute Gasteiger partial charge is 0.329 e. The van der Waals surface area contributed by atoms with Gasteiger partial charge in [-0.3, -0.25) is 18.7 Å². The number of fused-ring (bicyclic) bond motifs is 2. The molecule has 14 heteroatoms. The highest BCUT2D eigenvalue weighted by molar-refractivity contribution is 14.1. The van der Waals surface area contributed by atoms with Crippen molar-refractivity contribution in [3.05, 3.63) is 215 Å². The Morgan fingerprint density at radius 1 is 0.543 bits per heavy atom. The number of nitrogens with zero attached hydrogens (tertiary/aromatic N) is 6. The van der Waals surface area contributed by atoms with Crippen molar-refractivity contribution < 1.29 is 9.13 Å². The molecular formula is C56H58I2N6O2S4+2. The number of hydrogen-bond donors (Lipinski definition) is 0. The standard InChI is InChI=1S/2C27H25IN3OS2.2CH4/c2*1-3-29-16-8-7-9-21(29)17-24-30(4-2)26(32)25(34-24)27-31(18-19-12-14-20(28)15-13-19)22-10-5-6-11-23(22)33-27;;/h2*5-17H,3-4,18H2,1-2H3;2*1H4/q2*+1;;/b2*27-25+;;/i28-2;;;. The summed E-state index contributed by atoms with van der Waals surface area (Å²) >= 11 is 11.2. The Morgan fingerprint density at radius 3 is 1.36 bits per heavy atom. The van der Waals surface area contributed by atoms with Crippen LogP contribution in [0.5, 0.6) is 0 Å². The topological polar surface area (TPSA) is 58.2 Å². The second-order valence-electron chi connectivity index (χ2n) is 15.9. The first-order valence-corrected chi connectivity index (χ1v) is 28.1. The zero-order chi connectivity index (χ0) is 47.3. The van der Waals surface area contributed by atoms with Gasteiger partial charge >= 0.3 is 0 Å². The normalized spacial score (nSPS) is 14.7. The summed E-state index contributed by atoms with van der Waals surface area (Å²) in [5, 5.41) is 2.04. The molecular weight excluding hydrogens is 1170 g/mol. The molecule has 360 valence electrons. The van der Waals surface area contributed by atoms with Gasteiger partial charge in [0.25, 0.3) is 11.1 Å². The van der Waals surface area contributed by atoms with Gasteiger partial charge in [0.05, 0.1) is 11.4 Å². The maximum absolute atomic E-state index is 13.6. The van der Waals surface area contributed by atoms with Gasteiger partial charge in [0.1, 0.15) is 41.5 Å². The van der Waals surface area contributed by atoms with Crippen molar-refractivity contribution in [3.63, 3.8) is 0 Å². The molecule has 2 aliphatic heterocycles. The molecule has 0 aliphatic carbocycles. The highest BCUT2D eigenvalue weighted by atomic mass is 127. The lowest BCUT2D eigenvalue weighted by atomic mass is 10.2. The summed E-state index contributed by atoms with van der Waals surface area (Å²) in [6.45, 7) is 12.9. The third-order valence-corrected chi connectivity index (χ3v) is 18.0. The van der Waals surface area contributed by atoms with Gasteiger partial charge in [-0.1, -0.05) is 86.9 Å². The van der Waals surface area contributed by atoms with E-state index in [0.717, 1.165) is 77.4 Å². The molecule has 8 nitrogen and oxygen atoms in total. The molecule has 0 saturated carbocycles. The minimum atomic E-state index is 0. The van der Waals surface area contributed by atoms with Crippen LogP contribution in [0.15, 0.2) is 165 Å². The van der Waals surface area contributed by atoms with E-state index in [-0.39, 0.29) is 26.0 Å². The fourth-order valence-corrected chi connectivity index (χ4v) is 13.9. The van der Waals surface area contributed by atoms with Gasteiger partial charge < -0.3 is 9.80 Å². The predicted molar refractivity (Wildman–Crippen MR) is 314 cm³/mol. The zero-order valence-corrected chi connectivity index (χ0v) is 45.7. The summed E-state index contributed by atoms with van der Waals surface area (Å²) in [7, 11) is 0. The van der Waals surface area contributed by atoms with Crippen molar-refractivity contribution in [3.8, 4) is 0 Å². The molecule has 10 rings (SSSR count). The van der Waals surface area contributed by atoms with Crippen LogP contribution in [0.2, 0.25) is 0 Å². The van der Waals surface area contributed by atoms with Crippen molar-refractivity contribution >= 4 is 125 Å². The monoisotopic (exact) mass is 1230 g/mol. The predicted octanol–water partition coefficient (Wildman–Crippen LogP) is 10.4. The van der Waals surface area contributed by atoms with Crippen molar-refractivity contribution in [1.29, 1.82) is 0 Å². The Hall–Kier alpha value is -4.72. The van der Waals surface area contributed by atoms with Crippen molar-refractivity contribution in [2.24, 2.45) is 0 Å². The molecule has 4 aromatic carbocycles. The molecule has 0 unspecified atom stereocenters. The van der Waals surface area contributed by atoms with Crippen LogP contribution in [0.1, 0.15) is 65.1 Å². The summed E-state index contributed by atoms with van der Waals surface area (Å²) in [5.41, 5.74) is 7.14. The van der Waals surface area contributed by atoms with Gasteiger partial charge in [0.15, 0.2) is 12.4 Å². The number of aryl methyl sites for hydroxylation is 2. The van der Waals surface area contributed by atoms with E-state index >= 15 is 0 Å². The van der Waals surface area contributed by atoms with Gasteiger partial charge in [0, 0.05) is 79.5 Å². The molecule has 70 heavy (non-hydrogen) atoms. The molecule has 8 aromatic rings. The Morgan fingerprint density at radius 2 is 0.943 bits per heavy atom. The number of para-hydroxylation sites is 2. The van der Waals surface area contributed by atoms with E-state index in [1.54, 1.807) is 46.2 Å². The highest BCUT2D eigenvalue weighted by Crippen LogP contribution is 2.48. The SMILES string of the molecule is C.C.CCn1c(=O)/c(=C2\Sc3ccccc3N2Cc2ccc(I)cc2)s/c1=C\c1cccc[n+]1CC.CCn1c(=O)/c(=C2\Sc3ccccc3N2Cc2ccc([125I])cc2)s/c1=C\c1cccc[n+]1CC. The van der Waals surface area contributed by atoms with Crippen molar-refractivity contribution in [2.75, 3.05) is 9.80 Å². The van der Waals surface area contributed by atoms with Crippen LogP contribution in [0.4, 0.5) is 11.4 Å². The number of hydrogen-bond acceptors (Lipinski definition) is 8. The molecule has 0 amide bonds. The van der Waals surface area contributed by atoms with Crippen LogP contribution < -0.4 is 48.4 Å². The van der Waals surface area contributed by atoms with E-state index in [0.29, 0.717) is 13.1 Å². The first-order valence-electron chi connectivity index (χ1n) is 22.6. The Balaban J connectivity index is 0.000000201. The average molecular weight is 1230 g/mol. The van der Waals surface area contributed by atoms with E-state index < -0.39 is 0 Å². The molecule has 4 aromatic heterocycles. The number of anilines is 2. The Bertz CT molecular complexity index is 3280. The number of halogens is 2. The summed E-state index contributed by atoms with van der Waals surface area (Å²) < 4.78 is 14.2. The molecule has 0 saturated heterocycles. The van der Waals surface area contributed by atoms with Gasteiger partial charge in [-0.05, 0) is 145 Å². The van der Waals surface area contributed by atoms with Crippen LogP contribution in [0.3, 0.4) is 0 Å². The molecule has 0 fully saturated rings. The third kappa shape index (κ3) is 11.3. The second-order valence-corrected chi connectivity index (χ2v) is 22.5. The number of pyridine rings is 2. The van der Waals surface area contributed by atoms with Crippen molar-refractivity contribution in [1.82, 2.24) is 9.13 Å². The summed E-state index contributed by atoms with van der Waals surface area (Å²) in [6, 6.07) is 46.4. The van der Waals surface area contributed by atoms with Crippen LogP contribution in [-0.2, 0) is 39.3 Å². The number of benzene rings is 4. The van der Waals surface area contributed by atoms with Gasteiger partial charge in [-0.15, -0.1) is 22.7 Å². The molecule has 0 spiro atoms. The molecule has 0 N–H and O–H groups in total. The van der Waals surface area contributed by atoms with Gasteiger partial charge in [0.2, 0.25) is 11.4 Å². The molecule has 0 bridgehead atoms. The lowest BCUT2D eigenvalue weighted by molar-refractivity contribution is -0.695. The first-order chi connectivity index (χ1) is 33.2. The first kappa shape index (κ1) is 53.1. The summed E-state index contributed by atoms with van der Waals surface area (Å²) in [4.78, 5) is 34.2. The average Bonchev–Trinajstić information content (AvgIpc) is 4.10. The lowest BCUT2D eigenvalue weighted by Gasteiger charge is -2.20. The Kier molecular flexibility index (Phi) is 18.3. The van der Waals surface area contributed by atoms with Crippen LogP contribution >= 0.6 is 91.4 Å². The summed E-state index contributed by atoms with van der Waals surface area (Å²) in [6.07, 6.45) is 8.43. The van der Waals surface area contributed by atoms with Crippen LogP contribution in [0.25, 0.3) is 22.2 Å². The summed E-state index contributed by atoms with van der Waals surface area (Å²) in [5.74, 6) is 0. The minimum Gasteiger partial charge on any atom is -0.329 e. The third-order valence-electron chi connectivity index (χ3n) is 11.7. The lowest BCUT2D eigenvalue weighted by Crippen LogP contribution is -2.37. The Labute approximate surface area is 455 Å². The number of rotatable bonds is 10. The van der Waals surface area contributed by atoms with Gasteiger partial charge in [-0.2, -0.15) is 9.13 Å². The quantitative estimate of drug-likeness (QED) is 0.100. The van der Waals surface area contributed by atoms with E-state index in [2.05, 4.69) is 212 Å². The fourth-order valence-electron chi connectivity index (χ4n) is 8.27. The smallest absolute Gasteiger partial charge is 0.271 e. The highest BCUT2D eigenvalue weighted by Gasteiger charge is 2.29. The van der Waals surface area contributed by atoms with Crippen molar-refractivity contribution in [2.45, 2.75) is 91.6 Å². The number of thiazole rings is 2. The van der Waals surface area contributed by atoms with Gasteiger partial charge in [-0.25, -0.2) is 0 Å². The minimum absolute atomic E-state index is 0. The van der Waals surface area contributed by atoms with E-state index in [1.165, 1.54) is 28.1 Å². The second kappa shape index (κ2) is 24.1. The molecule has 0 atom stereocenters. The van der Waals surface area contributed by atoms with E-state index in [9.17, 15) is 9.59 Å². The fraction of sp³-hybridized carbons (Fsp3) is 0.214.